The molecule has 0 aliphatic carbocycles. The van der Waals surface area contributed by atoms with Crippen molar-refractivity contribution < 1.29 is 19.0 Å². The van der Waals surface area contributed by atoms with Crippen LogP contribution < -0.4 is 5.32 Å². The van der Waals surface area contributed by atoms with Crippen LogP contribution in [-0.2, 0) is 14.2 Å². The number of anilines is 1. The van der Waals surface area contributed by atoms with Gasteiger partial charge < -0.3 is 19.5 Å². The summed E-state index contributed by atoms with van der Waals surface area (Å²) in [5, 5.41) is 3.07. The monoisotopic (exact) mass is 240 g/mol. The van der Waals surface area contributed by atoms with Gasteiger partial charge in [-0.25, -0.2) is 9.78 Å². The normalized spacial score (nSPS) is 10.4. The summed E-state index contributed by atoms with van der Waals surface area (Å²) in [5.74, 6) is -0.469. The van der Waals surface area contributed by atoms with E-state index in [1.54, 1.807) is 26.4 Å². The van der Waals surface area contributed by atoms with Gasteiger partial charge in [0.2, 0.25) is 0 Å². The van der Waals surface area contributed by atoms with Gasteiger partial charge in [0.1, 0.15) is 5.69 Å². The van der Waals surface area contributed by atoms with Crippen molar-refractivity contribution in [1.29, 1.82) is 0 Å². The summed E-state index contributed by atoms with van der Waals surface area (Å²) in [4.78, 5) is 15.2. The van der Waals surface area contributed by atoms with Crippen LogP contribution in [0.3, 0.4) is 0 Å². The number of pyridine rings is 1. The molecule has 17 heavy (non-hydrogen) atoms. The van der Waals surface area contributed by atoms with Gasteiger partial charge in [0.15, 0.2) is 6.29 Å². The highest BCUT2D eigenvalue weighted by Crippen LogP contribution is 2.09. The fourth-order valence-corrected chi connectivity index (χ4v) is 1.22. The Morgan fingerprint density at radius 1 is 1.41 bits per heavy atom. The number of aromatic nitrogens is 1. The molecule has 1 rings (SSSR count). The fourth-order valence-electron chi connectivity index (χ4n) is 1.22. The van der Waals surface area contributed by atoms with Crippen LogP contribution in [0.25, 0.3) is 0 Å². The molecule has 0 spiro atoms. The number of nitrogens with zero attached hydrogens (tertiary/aromatic N) is 1. The summed E-state index contributed by atoms with van der Waals surface area (Å²) in [6.45, 7) is 0.470. The predicted octanol–water partition coefficient (Wildman–Crippen LogP) is 0.899. The molecule has 0 saturated heterocycles. The van der Waals surface area contributed by atoms with Crippen LogP contribution in [-0.4, -0.2) is 45.1 Å². The van der Waals surface area contributed by atoms with Crippen molar-refractivity contribution in [3.63, 3.8) is 0 Å². The SMILES string of the molecule is COC(=O)c1cc(NCC(OC)OC)ccn1. The van der Waals surface area contributed by atoms with E-state index in [0.29, 0.717) is 6.54 Å². The molecule has 0 aromatic carbocycles. The van der Waals surface area contributed by atoms with E-state index in [1.165, 1.54) is 13.3 Å². The third-order valence-electron chi connectivity index (χ3n) is 2.15. The highest BCUT2D eigenvalue weighted by Gasteiger charge is 2.08. The number of rotatable bonds is 6. The number of carbonyl (C=O) groups is 1. The molecule has 1 N–H and O–H groups in total. The summed E-state index contributed by atoms with van der Waals surface area (Å²) in [7, 11) is 4.43. The summed E-state index contributed by atoms with van der Waals surface area (Å²) in [5.41, 5.74) is 1.00. The molecule has 1 heterocycles. The summed E-state index contributed by atoms with van der Waals surface area (Å²) in [6.07, 6.45) is 1.19. The lowest BCUT2D eigenvalue weighted by molar-refractivity contribution is -0.0914. The van der Waals surface area contributed by atoms with Crippen molar-refractivity contribution in [2.45, 2.75) is 6.29 Å². The van der Waals surface area contributed by atoms with Crippen LogP contribution in [0.1, 0.15) is 10.5 Å². The molecule has 0 unspecified atom stereocenters. The van der Waals surface area contributed by atoms with Crippen molar-refractivity contribution in [3.05, 3.63) is 24.0 Å². The van der Waals surface area contributed by atoms with Gasteiger partial charge in [0.05, 0.1) is 13.7 Å². The van der Waals surface area contributed by atoms with Gasteiger partial charge in [-0.1, -0.05) is 0 Å². The zero-order valence-electron chi connectivity index (χ0n) is 10.1. The largest absolute Gasteiger partial charge is 0.464 e. The number of esters is 1. The number of ether oxygens (including phenoxy) is 3. The number of hydrogen-bond acceptors (Lipinski definition) is 6. The predicted molar refractivity (Wildman–Crippen MR) is 61.9 cm³/mol. The van der Waals surface area contributed by atoms with Crippen LogP contribution in [0, 0.1) is 0 Å². The maximum Gasteiger partial charge on any atom is 0.356 e. The van der Waals surface area contributed by atoms with Gasteiger partial charge in [-0.3, -0.25) is 0 Å². The average Bonchev–Trinajstić information content (AvgIpc) is 2.39. The number of nitrogens with one attached hydrogen (secondary N) is 1. The second-order valence-corrected chi connectivity index (χ2v) is 3.20. The smallest absolute Gasteiger partial charge is 0.356 e. The van der Waals surface area contributed by atoms with E-state index in [9.17, 15) is 4.79 Å². The third-order valence-corrected chi connectivity index (χ3v) is 2.15. The lowest BCUT2D eigenvalue weighted by Crippen LogP contribution is -2.23. The molecule has 1 aromatic rings. The standard InChI is InChI=1S/C11H16N2O4/c1-15-10(16-2)7-13-8-4-5-12-9(6-8)11(14)17-3/h4-6,10H,7H2,1-3H3,(H,12,13). The summed E-state index contributed by atoms with van der Waals surface area (Å²) in [6, 6.07) is 3.35. The van der Waals surface area contributed by atoms with Crippen molar-refractivity contribution >= 4 is 11.7 Å². The molecule has 0 radical (unpaired) electrons. The molecule has 0 aliphatic heterocycles. The van der Waals surface area contributed by atoms with E-state index in [0.717, 1.165) is 5.69 Å². The molecule has 0 fully saturated rings. The van der Waals surface area contributed by atoms with Gasteiger partial charge in [0.25, 0.3) is 0 Å². The van der Waals surface area contributed by atoms with Crippen LogP contribution >= 0.6 is 0 Å². The Balaban J connectivity index is 2.62. The molecule has 0 atom stereocenters. The van der Waals surface area contributed by atoms with E-state index in [2.05, 4.69) is 15.0 Å². The minimum Gasteiger partial charge on any atom is -0.464 e. The maximum absolute atomic E-state index is 11.3. The third kappa shape index (κ3) is 4.01. The lowest BCUT2D eigenvalue weighted by Gasteiger charge is -2.14. The van der Waals surface area contributed by atoms with Crippen LogP contribution in [0.2, 0.25) is 0 Å². The zero-order chi connectivity index (χ0) is 12.7. The fraction of sp³-hybridized carbons (Fsp3) is 0.455. The molecule has 0 amide bonds. The summed E-state index contributed by atoms with van der Waals surface area (Å²) < 4.78 is 14.6. The Hall–Kier alpha value is -1.66. The highest BCUT2D eigenvalue weighted by atomic mass is 16.7. The first-order valence-electron chi connectivity index (χ1n) is 5.05. The van der Waals surface area contributed by atoms with Gasteiger partial charge in [-0.05, 0) is 12.1 Å². The Morgan fingerprint density at radius 3 is 2.71 bits per heavy atom. The minimum atomic E-state index is -0.469. The van der Waals surface area contributed by atoms with Crippen LogP contribution in [0.5, 0.6) is 0 Å². The second kappa shape index (κ2) is 6.82. The zero-order valence-corrected chi connectivity index (χ0v) is 10.1. The van der Waals surface area contributed by atoms with Gasteiger partial charge in [-0.15, -0.1) is 0 Å². The molecule has 0 saturated carbocycles. The molecular weight excluding hydrogens is 224 g/mol. The van der Waals surface area contributed by atoms with Crippen LogP contribution in [0.15, 0.2) is 18.3 Å². The Kier molecular flexibility index (Phi) is 5.38. The van der Waals surface area contributed by atoms with E-state index >= 15 is 0 Å². The second-order valence-electron chi connectivity index (χ2n) is 3.20. The maximum atomic E-state index is 11.3. The first-order valence-corrected chi connectivity index (χ1v) is 5.05. The molecule has 0 bridgehead atoms. The van der Waals surface area contributed by atoms with Gasteiger partial charge >= 0.3 is 5.97 Å². The van der Waals surface area contributed by atoms with Gasteiger partial charge in [-0.2, -0.15) is 0 Å². The minimum absolute atomic E-state index is 0.254. The quantitative estimate of drug-likeness (QED) is 0.588. The molecule has 94 valence electrons. The Morgan fingerprint density at radius 2 is 2.12 bits per heavy atom. The van der Waals surface area contributed by atoms with Crippen LogP contribution in [0.4, 0.5) is 5.69 Å². The Labute approximate surface area is 99.9 Å². The number of carbonyl (C=O) groups excluding carboxylic acids is 1. The molecule has 6 nitrogen and oxygen atoms in total. The summed E-state index contributed by atoms with van der Waals surface area (Å²) >= 11 is 0. The average molecular weight is 240 g/mol. The van der Waals surface area contributed by atoms with Crippen molar-refractivity contribution in [3.8, 4) is 0 Å². The first-order chi connectivity index (χ1) is 8.21. The number of hydrogen-bond donors (Lipinski definition) is 1. The number of methoxy groups -OCH3 is 3. The molecular formula is C11H16N2O4. The van der Waals surface area contributed by atoms with E-state index in [4.69, 9.17) is 9.47 Å². The lowest BCUT2D eigenvalue weighted by atomic mass is 10.3. The Bertz CT molecular complexity index is 366. The van der Waals surface area contributed by atoms with E-state index in [-0.39, 0.29) is 12.0 Å². The topological polar surface area (TPSA) is 69.7 Å². The van der Waals surface area contributed by atoms with E-state index < -0.39 is 5.97 Å². The molecule has 0 aliphatic rings. The van der Waals surface area contributed by atoms with E-state index in [1.807, 2.05) is 0 Å². The van der Waals surface area contributed by atoms with Crippen molar-refractivity contribution in [1.82, 2.24) is 4.98 Å². The molecule has 1 aromatic heterocycles. The van der Waals surface area contributed by atoms with Gasteiger partial charge in [0, 0.05) is 26.1 Å². The van der Waals surface area contributed by atoms with Crippen molar-refractivity contribution in [2.75, 3.05) is 33.2 Å². The molecule has 6 heteroatoms. The van der Waals surface area contributed by atoms with Crippen molar-refractivity contribution in [2.24, 2.45) is 0 Å². The first kappa shape index (κ1) is 13.4. The highest BCUT2D eigenvalue weighted by molar-refractivity contribution is 5.88.